The number of hydrogen-bond acceptors (Lipinski definition) is 5. The number of pyridine rings is 1. The highest BCUT2D eigenvalue weighted by molar-refractivity contribution is 5.67. The fraction of sp³-hybridized carbons (Fsp3) is 0.222. The average molecular weight is 190 g/mol. The fourth-order valence-corrected chi connectivity index (χ4v) is 1.11. The Morgan fingerprint density at radius 2 is 2.36 bits per heavy atom. The largest absolute Gasteiger partial charge is 0.383 e. The van der Waals surface area contributed by atoms with Crippen LogP contribution in [0.5, 0.6) is 0 Å². The van der Waals surface area contributed by atoms with E-state index in [1.165, 1.54) is 0 Å². The molecule has 0 aliphatic carbocycles. The van der Waals surface area contributed by atoms with Crippen molar-refractivity contribution >= 4 is 5.82 Å². The van der Waals surface area contributed by atoms with Gasteiger partial charge in [0.2, 0.25) is 11.7 Å². The van der Waals surface area contributed by atoms with Gasteiger partial charge in [-0.3, -0.25) is 0 Å². The monoisotopic (exact) mass is 190 g/mol. The van der Waals surface area contributed by atoms with Gasteiger partial charge in [-0.15, -0.1) is 0 Å². The Morgan fingerprint density at radius 3 is 3.00 bits per heavy atom. The molecule has 0 fully saturated rings. The van der Waals surface area contributed by atoms with Crippen LogP contribution in [0.4, 0.5) is 5.82 Å². The first-order chi connectivity index (χ1) is 6.81. The van der Waals surface area contributed by atoms with E-state index in [4.69, 9.17) is 10.3 Å². The van der Waals surface area contributed by atoms with Gasteiger partial charge in [0.15, 0.2) is 0 Å². The number of anilines is 1. The summed E-state index contributed by atoms with van der Waals surface area (Å²) in [4.78, 5) is 8.11. The molecule has 2 N–H and O–H groups in total. The zero-order chi connectivity index (χ0) is 9.97. The van der Waals surface area contributed by atoms with Crippen molar-refractivity contribution in [2.75, 3.05) is 5.73 Å². The molecule has 0 aliphatic heterocycles. The lowest BCUT2D eigenvalue weighted by Crippen LogP contribution is -1.94. The predicted molar refractivity (Wildman–Crippen MR) is 51.3 cm³/mol. The van der Waals surface area contributed by atoms with Crippen LogP contribution in [0.1, 0.15) is 12.8 Å². The maximum atomic E-state index is 5.67. The highest BCUT2D eigenvalue weighted by Crippen LogP contribution is 2.20. The van der Waals surface area contributed by atoms with E-state index in [1.807, 2.05) is 13.0 Å². The van der Waals surface area contributed by atoms with Crippen LogP contribution in [0.15, 0.2) is 22.9 Å². The summed E-state index contributed by atoms with van der Waals surface area (Å²) in [6.45, 7) is 1.95. The Balaban J connectivity index is 2.44. The lowest BCUT2D eigenvalue weighted by molar-refractivity contribution is 0.383. The Bertz CT molecular complexity index is 438. The third kappa shape index (κ3) is 1.44. The summed E-state index contributed by atoms with van der Waals surface area (Å²) in [5.74, 6) is 1.51. The Morgan fingerprint density at radius 1 is 1.50 bits per heavy atom. The van der Waals surface area contributed by atoms with E-state index in [-0.39, 0.29) is 0 Å². The lowest BCUT2D eigenvalue weighted by Gasteiger charge is -1.96. The van der Waals surface area contributed by atoms with Gasteiger partial charge in [0.05, 0.1) is 5.56 Å². The maximum Gasteiger partial charge on any atom is 0.226 e. The molecular formula is C9H10N4O. The topological polar surface area (TPSA) is 77.8 Å². The van der Waals surface area contributed by atoms with Crippen molar-refractivity contribution in [1.82, 2.24) is 15.1 Å². The number of hydrogen-bond donors (Lipinski definition) is 1. The van der Waals surface area contributed by atoms with Crippen LogP contribution in [0, 0.1) is 0 Å². The highest BCUT2D eigenvalue weighted by Gasteiger charge is 2.09. The maximum absolute atomic E-state index is 5.67. The van der Waals surface area contributed by atoms with Crippen molar-refractivity contribution in [3.05, 3.63) is 24.2 Å². The molecule has 0 saturated carbocycles. The van der Waals surface area contributed by atoms with E-state index < -0.39 is 0 Å². The van der Waals surface area contributed by atoms with Crippen LogP contribution in [0.25, 0.3) is 11.4 Å². The minimum absolute atomic E-state index is 0.413. The zero-order valence-electron chi connectivity index (χ0n) is 7.77. The van der Waals surface area contributed by atoms with Crippen molar-refractivity contribution in [3.63, 3.8) is 0 Å². The quantitative estimate of drug-likeness (QED) is 0.771. The second-order valence-corrected chi connectivity index (χ2v) is 2.80. The van der Waals surface area contributed by atoms with Gasteiger partial charge in [0, 0.05) is 12.6 Å². The van der Waals surface area contributed by atoms with E-state index in [9.17, 15) is 0 Å². The SMILES string of the molecule is CCc1nc(-c2cccnc2N)no1. The van der Waals surface area contributed by atoms with Gasteiger partial charge in [-0.25, -0.2) is 4.98 Å². The van der Waals surface area contributed by atoms with E-state index in [2.05, 4.69) is 15.1 Å². The molecule has 5 heteroatoms. The van der Waals surface area contributed by atoms with Gasteiger partial charge >= 0.3 is 0 Å². The number of nitrogens with two attached hydrogens (primary N) is 1. The summed E-state index contributed by atoms with van der Waals surface area (Å²) >= 11 is 0. The van der Waals surface area contributed by atoms with Crippen molar-refractivity contribution in [2.24, 2.45) is 0 Å². The van der Waals surface area contributed by atoms with E-state index in [0.717, 1.165) is 0 Å². The van der Waals surface area contributed by atoms with Crippen molar-refractivity contribution in [3.8, 4) is 11.4 Å². The number of rotatable bonds is 2. The number of nitrogens with zero attached hydrogens (tertiary/aromatic N) is 3. The van der Waals surface area contributed by atoms with E-state index in [1.54, 1.807) is 12.3 Å². The number of aryl methyl sites for hydroxylation is 1. The molecule has 2 rings (SSSR count). The van der Waals surface area contributed by atoms with Crippen LogP contribution in [0.2, 0.25) is 0 Å². The number of aromatic nitrogens is 3. The van der Waals surface area contributed by atoms with Crippen LogP contribution < -0.4 is 5.73 Å². The summed E-state index contributed by atoms with van der Waals surface area (Å²) in [6, 6.07) is 3.60. The zero-order valence-corrected chi connectivity index (χ0v) is 7.77. The van der Waals surface area contributed by atoms with Crippen LogP contribution in [-0.2, 0) is 6.42 Å². The molecule has 0 saturated heterocycles. The Kier molecular flexibility index (Phi) is 2.14. The second kappa shape index (κ2) is 3.45. The smallest absolute Gasteiger partial charge is 0.226 e. The van der Waals surface area contributed by atoms with E-state index >= 15 is 0 Å². The molecule has 0 amide bonds. The van der Waals surface area contributed by atoms with Crippen molar-refractivity contribution in [2.45, 2.75) is 13.3 Å². The van der Waals surface area contributed by atoms with Gasteiger partial charge in [0.1, 0.15) is 5.82 Å². The van der Waals surface area contributed by atoms with Crippen LogP contribution in [0.3, 0.4) is 0 Å². The molecule has 0 aromatic carbocycles. The minimum atomic E-state index is 0.413. The Hall–Kier alpha value is -1.91. The van der Waals surface area contributed by atoms with Gasteiger partial charge in [-0.05, 0) is 12.1 Å². The molecule has 14 heavy (non-hydrogen) atoms. The second-order valence-electron chi connectivity index (χ2n) is 2.80. The lowest BCUT2D eigenvalue weighted by atomic mass is 10.2. The molecule has 0 radical (unpaired) electrons. The summed E-state index contributed by atoms with van der Waals surface area (Å²) in [5.41, 5.74) is 6.38. The van der Waals surface area contributed by atoms with Crippen molar-refractivity contribution in [1.29, 1.82) is 0 Å². The summed E-state index contributed by atoms with van der Waals surface area (Å²) in [6.07, 6.45) is 2.34. The molecule has 5 nitrogen and oxygen atoms in total. The first kappa shape index (κ1) is 8.68. The molecule has 0 aliphatic rings. The molecule has 2 aromatic rings. The van der Waals surface area contributed by atoms with Gasteiger partial charge < -0.3 is 10.3 Å². The van der Waals surface area contributed by atoms with Crippen molar-refractivity contribution < 1.29 is 4.52 Å². The summed E-state index contributed by atoms with van der Waals surface area (Å²) in [5, 5.41) is 3.81. The van der Waals surface area contributed by atoms with Crippen LogP contribution >= 0.6 is 0 Å². The first-order valence-corrected chi connectivity index (χ1v) is 4.34. The molecule has 0 atom stereocenters. The molecule has 2 heterocycles. The highest BCUT2D eigenvalue weighted by atomic mass is 16.5. The Labute approximate surface area is 81.0 Å². The normalized spacial score (nSPS) is 10.4. The molecule has 2 aromatic heterocycles. The average Bonchev–Trinajstić information content (AvgIpc) is 2.67. The molecule has 0 bridgehead atoms. The van der Waals surface area contributed by atoms with Gasteiger partial charge in [-0.2, -0.15) is 4.98 Å². The van der Waals surface area contributed by atoms with Gasteiger partial charge in [0.25, 0.3) is 0 Å². The molecule has 72 valence electrons. The number of nitrogen functional groups attached to an aromatic ring is 1. The standard InChI is InChI=1S/C9H10N4O/c1-2-7-12-9(13-14-7)6-4-3-5-11-8(6)10/h3-5H,2H2,1H3,(H2,10,11). The minimum Gasteiger partial charge on any atom is -0.383 e. The fourth-order valence-electron chi connectivity index (χ4n) is 1.11. The predicted octanol–water partition coefficient (Wildman–Crippen LogP) is 1.28. The summed E-state index contributed by atoms with van der Waals surface area (Å²) < 4.78 is 4.98. The first-order valence-electron chi connectivity index (χ1n) is 4.34. The third-order valence-electron chi connectivity index (χ3n) is 1.85. The summed E-state index contributed by atoms with van der Waals surface area (Å²) in [7, 11) is 0. The molecule has 0 spiro atoms. The van der Waals surface area contributed by atoms with Gasteiger partial charge in [-0.1, -0.05) is 12.1 Å². The molecular weight excluding hydrogens is 180 g/mol. The van der Waals surface area contributed by atoms with E-state index in [0.29, 0.717) is 29.5 Å². The molecule has 0 unspecified atom stereocenters. The third-order valence-corrected chi connectivity index (χ3v) is 1.85. The van der Waals surface area contributed by atoms with Crippen LogP contribution in [-0.4, -0.2) is 15.1 Å².